The van der Waals surface area contributed by atoms with Crippen LogP contribution >= 0.6 is 0 Å². The molecule has 0 saturated heterocycles. The highest BCUT2D eigenvalue weighted by Gasteiger charge is 2.43. The van der Waals surface area contributed by atoms with Gasteiger partial charge in [-0.15, -0.1) is 0 Å². The number of benzene rings is 1. The molecule has 0 radical (unpaired) electrons. The Morgan fingerprint density at radius 1 is 1.17 bits per heavy atom. The highest BCUT2D eigenvalue weighted by molar-refractivity contribution is 7.92. The highest BCUT2D eigenvalue weighted by Crippen LogP contribution is 2.23. The van der Waals surface area contributed by atoms with Crippen LogP contribution in [-0.2, 0) is 27.6 Å². The number of aromatic nitrogens is 1. The fourth-order valence-corrected chi connectivity index (χ4v) is 3.88. The van der Waals surface area contributed by atoms with Crippen LogP contribution in [0.15, 0.2) is 47.4 Å². The molecule has 0 aliphatic carbocycles. The zero-order valence-electron chi connectivity index (χ0n) is 17.0. The van der Waals surface area contributed by atoms with Gasteiger partial charge in [-0.2, -0.15) is 0 Å². The lowest BCUT2D eigenvalue weighted by molar-refractivity contribution is -0.131. The summed E-state index contributed by atoms with van der Waals surface area (Å²) in [5.74, 6) is -1.02. The number of aryl methyl sites for hydroxylation is 2. The number of unbranched alkanes of at least 4 members (excludes halogenated alkanes) is 1. The molecule has 1 atom stereocenters. The van der Waals surface area contributed by atoms with Crippen molar-refractivity contribution >= 4 is 15.7 Å². The lowest BCUT2D eigenvalue weighted by atomic mass is 10.0. The van der Waals surface area contributed by atoms with Crippen molar-refractivity contribution in [1.29, 1.82) is 0 Å². The second kappa shape index (κ2) is 9.37. The maximum absolute atomic E-state index is 12.5. The Hall–Kier alpha value is -2.45. The quantitative estimate of drug-likeness (QED) is 0.479. The Labute approximate surface area is 171 Å². The van der Waals surface area contributed by atoms with Crippen LogP contribution in [0, 0.1) is 0 Å². The van der Waals surface area contributed by atoms with Gasteiger partial charge in [0, 0.05) is 25.1 Å². The largest absolute Gasteiger partial charge is 0.315 e. The third-order valence-electron chi connectivity index (χ3n) is 5.33. The lowest BCUT2D eigenvalue weighted by Crippen LogP contribution is -2.49. The Kier molecular flexibility index (Phi) is 7.37. The molecule has 0 spiro atoms. The number of hydroxylamine groups is 1. The van der Waals surface area contributed by atoms with Gasteiger partial charge in [0.2, 0.25) is 0 Å². The first-order valence-corrected chi connectivity index (χ1v) is 11.5. The molecule has 2 rings (SSSR count). The van der Waals surface area contributed by atoms with Crippen LogP contribution in [0.5, 0.6) is 0 Å². The number of rotatable bonds is 9. The lowest BCUT2D eigenvalue weighted by Gasteiger charge is -2.25. The summed E-state index contributed by atoms with van der Waals surface area (Å²) in [6.07, 6.45) is 5.66. The fourth-order valence-electron chi connectivity index (χ4n) is 3.04. The van der Waals surface area contributed by atoms with E-state index >= 15 is 0 Å². The van der Waals surface area contributed by atoms with Crippen molar-refractivity contribution in [1.82, 2.24) is 10.0 Å². The molecule has 29 heavy (non-hydrogen) atoms. The minimum atomic E-state index is -3.81. The third kappa shape index (κ3) is 5.33. The molecule has 0 bridgehead atoms. The molecule has 1 aromatic carbocycles. The highest BCUT2D eigenvalue weighted by atomic mass is 32.2. The first kappa shape index (κ1) is 22.8. The summed E-state index contributed by atoms with van der Waals surface area (Å²) in [6.45, 7) is 3.40. The van der Waals surface area contributed by atoms with Gasteiger partial charge in [0.1, 0.15) is 0 Å². The first-order chi connectivity index (χ1) is 13.6. The van der Waals surface area contributed by atoms with Crippen LogP contribution in [0.2, 0.25) is 0 Å². The molecule has 0 aliphatic heterocycles. The molecule has 1 aromatic heterocycles. The van der Waals surface area contributed by atoms with Crippen LogP contribution in [0.4, 0.5) is 0 Å². The maximum atomic E-state index is 12.5. The van der Waals surface area contributed by atoms with E-state index in [1.54, 1.807) is 12.3 Å². The Morgan fingerprint density at radius 3 is 2.34 bits per heavy atom. The molecule has 8 heteroatoms. The van der Waals surface area contributed by atoms with E-state index in [1.165, 1.54) is 28.6 Å². The second-order valence-electron chi connectivity index (χ2n) is 7.44. The number of pyridine rings is 1. The Balaban J connectivity index is 2.19. The predicted molar refractivity (Wildman–Crippen MR) is 113 cm³/mol. The van der Waals surface area contributed by atoms with Crippen molar-refractivity contribution in [3.8, 4) is 11.1 Å². The molecule has 1 heterocycles. The smallest absolute Gasteiger partial charge is 0.264 e. The summed E-state index contributed by atoms with van der Waals surface area (Å²) in [6, 6.07) is 11.4. The van der Waals surface area contributed by atoms with Crippen LogP contribution < -0.4 is 11.0 Å². The molecule has 158 valence electrons. The standard InChI is InChI=1S/C21H28N2O5S/c1-4-5-6-16-7-9-17(10-8-16)18-11-13-23(19(24)15-18)14-12-21(2,20(25)22-26)29(3,27)28/h7-11,13,15,26H,4-6,12,14H2,1-3H3,(H,22,25)/t21-/m1/s1. The number of hydrogen-bond donors (Lipinski definition) is 2. The van der Waals surface area contributed by atoms with Crippen LogP contribution in [0.3, 0.4) is 0 Å². The van der Waals surface area contributed by atoms with Crippen molar-refractivity contribution in [2.24, 2.45) is 0 Å². The number of carbonyl (C=O) groups is 1. The second-order valence-corrected chi connectivity index (χ2v) is 9.89. The van der Waals surface area contributed by atoms with Gasteiger partial charge in [0.05, 0.1) is 0 Å². The monoisotopic (exact) mass is 420 g/mol. The molecule has 7 nitrogen and oxygen atoms in total. The van der Waals surface area contributed by atoms with Gasteiger partial charge >= 0.3 is 0 Å². The molecular formula is C21H28N2O5S. The first-order valence-electron chi connectivity index (χ1n) is 9.56. The average Bonchev–Trinajstić information content (AvgIpc) is 2.69. The summed E-state index contributed by atoms with van der Waals surface area (Å²) >= 11 is 0. The number of hydrogen-bond acceptors (Lipinski definition) is 5. The number of carbonyl (C=O) groups excluding carboxylic acids is 1. The maximum Gasteiger partial charge on any atom is 0.264 e. The molecule has 0 fully saturated rings. The summed E-state index contributed by atoms with van der Waals surface area (Å²) in [7, 11) is -3.81. The molecule has 2 aromatic rings. The molecule has 0 saturated carbocycles. The summed E-state index contributed by atoms with van der Waals surface area (Å²) in [5.41, 5.74) is 4.06. The van der Waals surface area contributed by atoms with Gasteiger partial charge in [0.25, 0.3) is 11.5 Å². The van der Waals surface area contributed by atoms with Crippen LogP contribution in [0.1, 0.15) is 38.7 Å². The van der Waals surface area contributed by atoms with Crippen LogP contribution in [-0.4, -0.2) is 35.1 Å². The molecular weight excluding hydrogens is 392 g/mol. The third-order valence-corrected chi connectivity index (χ3v) is 7.36. The molecule has 1 amide bonds. The van der Waals surface area contributed by atoms with Gasteiger partial charge in [0.15, 0.2) is 14.6 Å². The van der Waals surface area contributed by atoms with E-state index in [0.717, 1.165) is 36.6 Å². The zero-order chi connectivity index (χ0) is 21.7. The van der Waals surface area contributed by atoms with Crippen molar-refractivity contribution in [2.45, 2.75) is 50.8 Å². The fraction of sp³-hybridized carbons (Fsp3) is 0.429. The van der Waals surface area contributed by atoms with Crippen molar-refractivity contribution in [3.05, 3.63) is 58.5 Å². The normalized spacial score (nSPS) is 13.7. The summed E-state index contributed by atoms with van der Waals surface area (Å²) in [5, 5.41) is 8.88. The SMILES string of the molecule is CCCCc1ccc(-c2ccn(CC[C@](C)(C(=O)NO)S(C)(=O)=O)c(=O)c2)cc1. The van der Waals surface area contributed by atoms with E-state index in [2.05, 4.69) is 19.1 Å². The van der Waals surface area contributed by atoms with E-state index in [9.17, 15) is 18.0 Å². The van der Waals surface area contributed by atoms with Gasteiger partial charge in [-0.1, -0.05) is 37.6 Å². The molecule has 2 N–H and O–H groups in total. The van der Waals surface area contributed by atoms with E-state index < -0.39 is 20.5 Å². The van der Waals surface area contributed by atoms with Crippen molar-refractivity contribution in [3.63, 3.8) is 0 Å². The minimum absolute atomic E-state index is 0.0199. The number of nitrogens with zero attached hydrogens (tertiary/aromatic N) is 1. The summed E-state index contributed by atoms with van der Waals surface area (Å²) < 4.78 is 23.6. The van der Waals surface area contributed by atoms with Crippen molar-refractivity contribution in [2.75, 3.05) is 6.26 Å². The van der Waals surface area contributed by atoms with Crippen LogP contribution in [0.25, 0.3) is 11.1 Å². The van der Waals surface area contributed by atoms with E-state index in [-0.39, 0.29) is 18.5 Å². The van der Waals surface area contributed by atoms with Crippen molar-refractivity contribution < 1.29 is 18.4 Å². The van der Waals surface area contributed by atoms with Gasteiger partial charge in [-0.05, 0) is 48.9 Å². The molecule has 0 unspecified atom stereocenters. The van der Waals surface area contributed by atoms with Gasteiger partial charge < -0.3 is 4.57 Å². The average molecular weight is 421 g/mol. The topological polar surface area (TPSA) is 105 Å². The summed E-state index contributed by atoms with van der Waals surface area (Å²) in [4.78, 5) is 24.4. The Bertz CT molecular complexity index is 1010. The predicted octanol–water partition coefficient (Wildman–Crippen LogP) is 2.56. The van der Waals surface area contributed by atoms with Gasteiger partial charge in [-0.25, -0.2) is 13.9 Å². The molecule has 0 aliphatic rings. The number of amides is 1. The Morgan fingerprint density at radius 2 is 1.83 bits per heavy atom. The van der Waals surface area contributed by atoms with Gasteiger partial charge in [-0.3, -0.25) is 14.8 Å². The number of sulfone groups is 1. The van der Waals surface area contributed by atoms with E-state index in [0.29, 0.717) is 0 Å². The zero-order valence-corrected chi connectivity index (χ0v) is 17.8. The minimum Gasteiger partial charge on any atom is -0.315 e. The number of nitrogens with one attached hydrogen (secondary N) is 1. The van der Waals surface area contributed by atoms with E-state index in [4.69, 9.17) is 5.21 Å². The van der Waals surface area contributed by atoms with E-state index in [1.807, 2.05) is 12.1 Å².